The first-order chi connectivity index (χ1) is 10.1. The van der Waals surface area contributed by atoms with Gasteiger partial charge < -0.3 is 16.0 Å². The van der Waals surface area contributed by atoms with E-state index in [1.807, 2.05) is 12.1 Å². The monoisotopic (exact) mass is 285 g/mol. The second kappa shape index (κ2) is 6.92. The Morgan fingerprint density at radius 3 is 2.67 bits per heavy atom. The van der Waals surface area contributed by atoms with Crippen molar-refractivity contribution in [1.82, 2.24) is 9.97 Å². The van der Waals surface area contributed by atoms with Gasteiger partial charge in [0, 0.05) is 24.8 Å². The molecule has 0 saturated heterocycles. The Labute approximate surface area is 126 Å². The van der Waals surface area contributed by atoms with Crippen molar-refractivity contribution in [2.24, 2.45) is 0 Å². The number of nitrogens with one attached hydrogen (secondary N) is 1. The number of nitrogen functional groups attached to an aromatic ring is 1. The van der Waals surface area contributed by atoms with E-state index in [1.165, 1.54) is 5.56 Å². The molecule has 0 unspecified atom stereocenters. The Hall–Kier alpha value is -2.30. The topological polar surface area (TPSA) is 67.1 Å². The van der Waals surface area contributed by atoms with Crippen molar-refractivity contribution in [3.63, 3.8) is 0 Å². The van der Waals surface area contributed by atoms with Crippen LogP contribution in [0.4, 0.5) is 23.3 Å². The van der Waals surface area contributed by atoms with Gasteiger partial charge >= 0.3 is 0 Å². The van der Waals surface area contributed by atoms with Gasteiger partial charge in [-0.25, -0.2) is 0 Å². The number of nitrogens with two attached hydrogens (primary N) is 1. The van der Waals surface area contributed by atoms with Crippen LogP contribution in [0.25, 0.3) is 0 Å². The van der Waals surface area contributed by atoms with E-state index in [1.54, 1.807) is 0 Å². The maximum absolute atomic E-state index is 5.84. The van der Waals surface area contributed by atoms with Crippen molar-refractivity contribution in [3.05, 3.63) is 35.9 Å². The number of anilines is 4. The van der Waals surface area contributed by atoms with E-state index < -0.39 is 0 Å². The molecule has 2 aromatic rings. The number of nitrogens with zero attached hydrogens (tertiary/aromatic N) is 3. The number of benzene rings is 1. The molecule has 0 radical (unpaired) electrons. The number of rotatable bonds is 6. The molecule has 3 N–H and O–H groups in total. The predicted molar refractivity (Wildman–Crippen MR) is 89.1 cm³/mol. The molecule has 0 amide bonds. The van der Waals surface area contributed by atoms with Crippen LogP contribution >= 0.6 is 0 Å². The fourth-order valence-corrected chi connectivity index (χ4v) is 2.21. The molecule has 1 heterocycles. The molecule has 1 aromatic carbocycles. The average Bonchev–Trinajstić information content (AvgIpc) is 2.45. The fraction of sp³-hybridized carbons (Fsp3) is 0.375. The molecular weight excluding hydrogens is 262 g/mol. The lowest BCUT2D eigenvalue weighted by Crippen LogP contribution is -2.19. The number of hydrogen-bond donors (Lipinski definition) is 2. The molecule has 2 rings (SSSR count). The van der Waals surface area contributed by atoms with E-state index in [0.717, 1.165) is 36.8 Å². The summed E-state index contributed by atoms with van der Waals surface area (Å²) in [6.07, 6.45) is 1.04. The van der Waals surface area contributed by atoms with Crippen molar-refractivity contribution in [3.8, 4) is 0 Å². The summed E-state index contributed by atoms with van der Waals surface area (Å²) in [7, 11) is 0. The minimum absolute atomic E-state index is 0.289. The molecule has 5 heteroatoms. The second-order valence-corrected chi connectivity index (χ2v) is 4.98. The van der Waals surface area contributed by atoms with Gasteiger partial charge in [-0.1, -0.05) is 19.1 Å². The van der Waals surface area contributed by atoms with Crippen molar-refractivity contribution in [2.45, 2.75) is 27.2 Å². The summed E-state index contributed by atoms with van der Waals surface area (Å²) >= 11 is 0. The molecule has 0 aliphatic rings. The highest BCUT2D eigenvalue weighted by molar-refractivity contribution is 5.64. The van der Waals surface area contributed by atoms with Gasteiger partial charge in [0.15, 0.2) is 0 Å². The van der Waals surface area contributed by atoms with Crippen LogP contribution in [0.15, 0.2) is 30.3 Å². The van der Waals surface area contributed by atoms with Crippen LogP contribution in [0.1, 0.15) is 25.8 Å². The molecule has 0 aliphatic heterocycles. The highest BCUT2D eigenvalue weighted by Gasteiger charge is 2.11. The molecule has 21 heavy (non-hydrogen) atoms. The van der Waals surface area contributed by atoms with Gasteiger partial charge in [-0.15, -0.1) is 0 Å². The lowest BCUT2D eigenvalue weighted by atomic mass is 10.2. The summed E-state index contributed by atoms with van der Waals surface area (Å²) in [5, 5.41) is 3.26. The minimum atomic E-state index is 0.289. The third-order valence-corrected chi connectivity index (χ3v) is 3.19. The fourth-order valence-electron chi connectivity index (χ4n) is 2.21. The maximum atomic E-state index is 5.84. The molecule has 1 aromatic heterocycles. The van der Waals surface area contributed by atoms with E-state index in [0.29, 0.717) is 0 Å². The van der Waals surface area contributed by atoms with Crippen LogP contribution in [-0.2, 0) is 0 Å². The zero-order chi connectivity index (χ0) is 15.2. The van der Waals surface area contributed by atoms with Crippen LogP contribution in [0.5, 0.6) is 0 Å². The van der Waals surface area contributed by atoms with Crippen molar-refractivity contribution in [1.29, 1.82) is 0 Å². The van der Waals surface area contributed by atoms with E-state index in [9.17, 15) is 0 Å². The Morgan fingerprint density at radius 2 is 2.00 bits per heavy atom. The summed E-state index contributed by atoms with van der Waals surface area (Å²) in [4.78, 5) is 10.7. The summed E-state index contributed by atoms with van der Waals surface area (Å²) in [5.41, 5.74) is 8.17. The maximum Gasteiger partial charge on any atom is 0.223 e. The molecule has 0 aliphatic carbocycles. The predicted octanol–water partition coefficient (Wildman–Crippen LogP) is 3.35. The smallest absolute Gasteiger partial charge is 0.223 e. The molecule has 0 atom stereocenters. The zero-order valence-electron chi connectivity index (χ0n) is 12.9. The largest absolute Gasteiger partial charge is 0.370 e. The Bertz CT molecular complexity index is 597. The summed E-state index contributed by atoms with van der Waals surface area (Å²) in [6.45, 7) is 7.98. The lowest BCUT2D eigenvalue weighted by Gasteiger charge is -2.23. The quantitative estimate of drug-likeness (QED) is 0.852. The molecule has 0 saturated carbocycles. The number of aromatic nitrogens is 2. The Kier molecular flexibility index (Phi) is 4.98. The van der Waals surface area contributed by atoms with Crippen LogP contribution in [-0.4, -0.2) is 23.1 Å². The van der Waals surface area contributed by atoms with Gasteiger partial charge in [0.2, 0.25) is 5.95 Å². The first-order valence-corrected chi connectivity index (χ1v) is 7.36. The minimum Gasteiger partial charge on any atom is -0.370 e. The highest BCUT2D eigenvalue weighted by Crippen LogP contribution is 2.26. The highest BCUT2D eigenvalue weighted by atomic mass is 15.2. The first-order valence-electron chi connectivity index (χ1n) is 7.36. The van der Waals surface area contributed by atoms with Crippen LogP contribution < -0.4 is 16.0 Å². The van der Waals surface area contributed by atoms with E-state index in [4.69, 9.17) is 5.73 Å². The average molecular weight is 285 g/mol. The van der Waals surface area contributed by atoms with Crippen molar-refractivity contribution in [2.75, 3.05) is 29.0 Å². The third-order valence-electron chi connectivity index (χ3n) is 3.19. The zero-order valence-corrected chi connectivity index (χ0v) is 12.9. The van der Waals surface area contributed by atoms with Gasteiger partial charge in [0.1, 0.15) is 11.6 Å². The van der Waals surface area contributed by atoms with Gasteiger partial charge in [0.25, 0.3) is 0 Å². The first kappa shape index (κ1) is 15.1. The van der Waals surface area contributed by atoms with Gasteiger partial charge in [-0.3, -0.25) is 0 Å². The lowest BCUT2D eigenvalue weighted by molar-refractivity contribution is 0.952. The van der Waals surface area contributed by atoms with Crippen molar-refractivity contribution < 1.29 is 0 Å². The van der Waals surface area contributed by atoms with E-state index in [-0.39, 0.29) is 5.95 Å². The second-order valence-electron chi connectivity index (χ2n) is 4.98. The SMILES string of the molecule is CCCNc1cc(N(CC)c2cccc(C)c2)nc(N)n1. The van der Waals surface area contributed by atoms with Crippen molar-refractivity contribution >= 4 is 23.3 Å². The summed E-state index contributed by atoms with van der Waals surface area (Å²) in [6, 6.07) is 10.3. The summed E-state index contributed by atoms with van der Waals surface area (Å²) < 4.78 is 0. The Morgan fingerprint density at radius 1 is 1.19 bits per heavy atom. The molecule has 0 fully saturated rings. The molecule has 0 spiro atoms. The molecular formula is C16H23N5. The van der Waals surface area contributed by atoms with Crippen LogP contribution in [0, 0.1) is 6.92 Å². The van der Waals surface area contributed by atoms with Gasteiger partial charge in [-0.2, -0.15) is 9.97 Å². The summed E-state index contributed by atoms with van der Waals surface area (Å²) in [5.74, 6) is 1.87. The van der Waals surface area contributed by atoms with E-state index >= 15 is 0 Å². The molecule has 112 valence electrons. The Balaban J connectivity index is 2.35. The number of aryl methyl sites for hydroxylation is 1. The molecule has 5 nitrogen and oxygen atoms in total. The molecule has 0 bridgehead atoms. The third kappa shape index (κ3) is 3.84. The standard InChI is InChI=1S/C16H23N5/c1-4-9-18-14-11-15(20-16(17)19-14)21(5-2)13-8-6-7-12(3)10-13/h6-8,10-11H,4-5,9H2,1-3H3,(H3,17,18,19,20). The number of hydrogen-bond acceptors (Lipinski definition) is 5. The van der Waals surface area contributed by atoms with Crippen LogP contribution in [0.2, 0.25) is 0 Å². The van der Waals surface area contributed by atoms with Gasteiger partial charge in [0.05, 0.1) is 0 Å². The normalized spacial score (nSPS) is 10.4. The van der Waals surface area contributed by atoms with Gasteiger partial charge in [-0.05, 0) is 38.0 Å². The van der Waals surface area contributed by atoms with E-state index in [2.05, 4.69) is 59.2 Å². The van der Waals surface area contributed by atoms with Crippen LogP contribution in [0.3, 0.4) is 0 Å².